The normalized spacial score (nSPS) is 20.8. The minimum Gasteiger partial charge on any atom is -0.373 e. The molecule has 1 N–H and O–H groups in total. The Morgan fingerprint density at radius 3 is 2.53 bits per heavy atom. The molecule has 0 aromatic heterocycles. The summed E-state index contributed by atoms with van der Waals surface area (Å²) in [5, 5.41) is 10.9. The maximum Gasteiger partial charge on any atom is 0.242 e. The molecule has 1 radical (unpaired) electrons. The smallest absolute Gasteiger partial charge is 0.242 e. The third kappa shape index (κ3) is 1.28. The number of hydrogen-bond donors (Lipinski definition) is 1. The molecule has 1 unspecified atom stereocenters. The average molecular weight is 244 g/mol. The summed E-state index contributed by atoms with van der Waals surface area (Å²) in [6.07, 6.45) is 1.73. The van der Waals surface area contributed by atoms with Crippen LogP contribution in [0, 0.1) is 0 Å². The van der Waals surface area contributed by atoms with E-state index in [9.17, 15) is 9.90 Å². The molecule has 2 aromatic carbocycles. The van der Waals surface area contributed by atoms with Crippen molar-refractivity contribution in [1.82, 2.24) is 0 Å². The van der Waals surface area contributed by atoms with Gasteiger partial charge in [-0.05, 0) is 23.3 Å². The van der Waals surface area contributed by atoms with Crippen molar-refractivity contribution >= 4 is 17.9 Å². The SMILES string of the molecule is O=[C]C1(O)c2ccccc2-c2ccc(Cl)cc21. The van der Waals surface area contributed by atoms with Crippen LogP contribution in [0.1, 0.15) is 11.1 Å². The molecule has 0 spiro atoms. The lowest BCUT2D eigenvalue weighted by Gasteiger charge is -2.16. The summed E-state index contributed by atoms with van der Waals surface area (Å²) in [4.78, 5) is 11.1. The van der Waals surface area contributed by atoms with Crippen LogP contribution >= 0.6 is 11.6 Å². The molecule has 3 heteroatoms. The molecular formula is C14H8ClO2. The van der Waals surface area contributed by atoms with Gasteiger partial charge >= 0.3 is 0 Å². The summed E-state index contributed by atoms with van der Waals surface area (Å²) in [5.41, 5.74) is 1.05. The fraction of sp³-hybridized carbons (Fsp3) is 0.0714. The van der Waals surface area contributed by atoms with Crippen molar-refractivity contribution in [2.75, 3.05) is 0 Å². The molecule has 3 rings (SSSR count). The minimum absolute atomic E-state index is 0.491. The van der Waals surface area contributed by atoms with Gasteiger partial charge in [0.15, 0.2) is 5.60 Å². The second-order valence-electron chi connectivity index (χ2n) is 4.05. The molecule has 0 heterocycles. The van der Waals surface area contributed by atoms with Gasteiger partial charge in [0.2, 0.25) is 6.29 Å². The molecule has 2 aromatic rings. The first kappa shape index (κ1) is 10.5. The summed E-state index contributed by atoms with van der Waals surface area (Å²) >= 11 is 5.91. The number of hydrogen-bond acceptors (Lipinski definition) is 2. The van der Waals surface area contributed by atoms with Gasteiger partial charge in [-0.2, -0.15) is 0 Å². The number of carbonyl (C=O) groups excluding carboxylic acids is 1. The lowest BCUT2D eigenvalue weighted by Crippen LogP contribution is -2.26. The molecule has 0 aliphatic heterocycles. The molecular weight excluding hydrogens is 236 g/mol. The topological polar surface area (TPSA) is 37.3 Å². The summed E-state index contributed by atoms with van der Waals surface area (Å²) in [5.74, 6) is 0. The predicted octanol–water partition coefficient (Wildman–Crippen LogP) is 2.67. The van der Waals surface area contributed by atoms with E-state index in [1.165, 1.54) is 0 Å². The highest BCUT2D eigenvalue weighted by molar-refractivity contribution is 6.30. The van der Waals surface area contributed by atoms with Gasteiger partial charge in [0, 0.05) is 16.1 Å². The molecule has 83 valence electrons. The number of fused-ring (bicyclic) bond motifs is 3. The van der Waals surface area contributed by atoms with E-state index in [-0.39, 0.29) is 0 Å². The molecule has 1 atom stereocenters. The fourth-order valence-electron chi connectivity index (χ4n) is 2.34. The van der Waals surface area contributed by atoms with Gasteiger partial charge in [0.05, 0.1) is 0 Å². The molecule has 1 aliphatic rings. The van der Waals surface area contributed by atoms with E-state index in [2.05, 4.69) is 0 Å². The number of aliphatic hydroxyl groups is 1. The van der Waals surface area contributed by atoms with Crippen LogP contribution in [0.5, 0.6) is 0 Å². The zero-order valence-electron chi connectivity index (χ0n) is 8.77. The van der Waals surface area contributed by atoms with Gasteiger partial charge in [-0.25, -0.2) is 0 Å². The Hall–Kier alpha value is -1.64. The van der Waals surface area contributed by atoms with Gasteiger partial charge in [0.1, 0.15) is 0 Å². The zero-order valence-corrected chi connectivity index (χ0v) is 9.53. The van der Waals surface area contributed by atoms with Crippen LogP contribution in [-0.2, 0) is 10.4 Å². The molecule has 0 amide bonds. The Morgan fingerprint density at radius 1 is 1.06 bits per heavy atom. The summed E-state index contributed by atoms with van der Waals surface area (Å²) < 4.78 is 0. The third-order valence-electron chi connectivity index (χ3n) is 3.13. The van der Waals surface area contributed by atoms with Gasteiger partial charge < -0.3 is 5.11 Å². The van der Waals surface area contributed by atoms with Crippen molar-refractivity contribution in [3.63, 3.8) is 0 Å². The van der Waals surface area contributed by atoms with Crippen LogP contribution in [0.15, 0.2) is 42.5 Å². The Bertz CT molecular complexity index is 621. The van der Waals surface area contributed by atoms with Crippen LogP contribution in [0.25, 0.3) is 11.1 Å². The first-order valence-corrected chi connectivity index (χ1v) is 5.56. The molecule has 0 saturated carbocycles. The van der Waals surface area contributed by atoms with Crippen molar-refractivity contribution in [3.8, 4) is 11.1 Å². The van der Waals surface area contributed by atoms with Crippen LogP contribution < -0.4 is 0 Å². The van der Waals surface area contributed by atoms with E-state index < -0.39 is 5.60 Å². The second kappa shape index (κ2) is 3.42. The maximum absolute atomic E-state index is 11.1. The van der Waals surface area contributed by atoms with Crippen molar-refractivity contribution in [3.05, 3.63) is 58.6 Å². The maximum atomic E-state index is 11.1. The van der Waals surface area contributed by atoms with E-state index >= 15 is 0 Å². The third-order valence-corrected chi connectivity index (χ3v) is 3.36. The average Bonchev–Trinajstić information content (AvgIpc) is 2.61. The Kier molecular flexibility index (Phi) is 2.12. The molecule has 0 saturated heterocycles. The molecule has 1 aliphatic carbocycles. The van der Waals surface area contributed by atoms with Crippen LogP contribution in [0.3, 0.4) is 0 Å². The summed E-state index contributed by atoms with van der Waals surface area (Å²) in [6.45, 7) is 0. The van der Waals surface area contributed by atoms with Crippen molar-refractivity contribution in [1.29, 1.82) is 0 Å². The summed E-state index contributed by atoms with van der Waals surface area (Å²) in [7, 11) is 0. The van der Waals surface area contributed by atoms with Crippen LogP contribution in [-0.4, -0.2) is 11.4 Å². The molecule has 0 fully saturated rings. The monoisotopic (exact) mass is 243 g/mol. The van der Waals surface area contributed by atoms with Crippen molar-refractivity contribution in [2.24, 2.45) is 0 Å². The largest absolute Gasteiger partial charge is 0.373 e. The quantitative estimate of drug-likeness (QED) is 0.836. The highest BCUT2D eigenvalue weighted by Gasteiger charge is 2.42. The predicted molar refractivity (Wildman–Crippen MR) is 65.6 cm³/mol. The first-order valence-electron chi connectivity index (χ1n) is 5.18. The van der Waals surface area contributed by atoms with E-state index in [1.54, 1.807) is 30.6 Å². The van der Waals surface area contributed by atoms with Crippen LogP contribution in [0.4, 0.5) is 0 Å². The van der Waals surface area contributed by atoms with E-state index in [1.807, 2.05) is 18.2 Å². The van der Waals surface area contributed by atoms with Gasteiger partial charge in [-0.15, -0.1) is 0 Å². The Labute approximate surface area is 103 Å². The minimum atomic E-state index is -1.70. The number of rotatable bonds is 1. The van der Waals surface area contributed by atoms with Gasteiger partial charge in [-0.3, -0.25) is 4.79 Å². The lowest BCUT2D eigenvalue weighted by molar-refractivity contribution is 0.155. The Morgan fingerprint density at radius 2 is 1.76 bits per heavy atom. The van der Waals surface area contributed by atoms with Crippen molar-refractivity contribution in [2.45, 2.75) is 5.60 Å². The molecule has 17 heavy (non-hydrogen) atoms. The van der Waals surface area contributed by atoms with E-state index in [4.69, 9.17) is 11.6 Å². The first-order chi connectivity index (χ1) is 8.16. The Balaban J connectivity index is 2.42. The molecule has 0 bridgehead atoms. The van der Waals surface area contributed by atoms with Crippen LogP contribution in [0.2, 0.25) is 5.02 Å². The van der Waals surface area contributed by atoms with Gasteiger partial charge in [-0.1, -0.05) is 41.9 Å². The van der Waals surface area contributed by atoms with E-state index in [0.717, 1.165) is 11.1 Å². The zero-order chi connectivity index (χ0) is 12.0. The highest BCUT2D eigenvalue weighted by atomic mass is 35.5. The van der Waals surface area contributed by atoms with E-state index in [0.29, 0.717) is 16.1 Å². The second-order valence-corrected chi connectivity index (χ2v) is 4.48. The molecule has 2 nitrogen and oxygen atoms in total. The number of halogens is 1. The highest BCUT2D eigenvalue weighted by Crippen LogP contribution is 2.46. The summed E-state index contributed by atoms with van der Waals surface area (Å²) in [6, 6.07) is 12.4. The lowest BCUT2D eigenvalue weighted by atomic mass is 9.93. The van der Waals surface area contributed by atoms with Gasteiger partial charge in [0.25, 0.3) is 0 Å². The number of benzene rings is 2. The fourth-order valence-corrected chi connectivity index (χ4v) is 2.51. The van der Waals surface area contributed by atoms with Crippen molar-refractivity contribution < 1.29 is 9.90 Å². The standard InChI is InChI=1S/C14H8ClO2/c15-9-5-6-11-10-3-1-2-4-12(10)14(17,8-16)13(11)7-9/h1-7,17H.